The number of aromatic amines is 4. The molecule has 13 heteroatoms. The molecule has 0 aliphatic heterocycles. The van der Waals surface area contributed by atoms with E-state index >= 15 is 0 Å². The highest BCUT2D eigenvalue weighted by Gasteiger charge is 2.03. The lowest BCUT2D eigenvalue weighted by Crippen LogP contribution is -2.21. The van der Waals surface area contributed by atoms with Crippen LogP contribution >= 0.6 is 0 Å². The van der Waals surface area contributed by atoms with Crippen molar-refractivity contribution in [2.75, 3.05) is 5.43 Å². The van der Waals surface area contributed by atoms with Crippen molar-refractivity contribution >= 4 is 28.3 Å². The Morgan fingerprint density at radius 3 is 2.54 bits per heavy atom. The Balaban J connectivity index is 0.000000143. The minimum Gasteiger partial charge on any atom is -0.339 e. The van der Waals surface area contributed by atoms with Crippen molar-refractivity contribution in [1.29, 1.82) is 0 Å². The maximum atomic E-state index is 11.3. The molecule has 0 bridgehead atoms. The van der Waals surface area contributed by atoms with E-state index in [1.807, 2.05) is 0 Å². The van der Waals surface area contributed by atoms with Crippen LogP contribution in [0.5, 0.6) is 0 Å². The number of hydrogen-bond donors (Lipinski definition) is 6. The van der Waals surface area contributed by atoms with Gasteiger partial charge in [0.25, 0.3) is 11.1 Å². The number of nitrogens with zero attached hydrogens (tertiary/aromatic N) is 4. The molecule has 24 heavy (non-hydrogen) atoms. The first-order valence-electron chi connectivity index (χ1n) is 6.42. The number of nitrogen functional groups attached to an aromatic ring is 1. The van der Waals surface area contributed by atoms with Gasteiger partial charge in [0.15, 0.2) is 16.8 Å². The molecule has 0 radical (unpaired) electrons. The van der Waals surface area contributed by atoms with E-state index in [2.05, 4.69) is 45.3 Å². The summed E-state index contributed by atoms with van der Waals surface area (Å²) in [6, 6.07) is 0. The van der Waals surface area contributed by atoms with Crippen LogP contribution in [0.1, 0.15) is 0 Å². The summed E-state index contributed by atoms with van der Waals surface area (Å²) in [6.07, 6.45) is 4.22. The molecular formula is C11H10N10O3. The van der Waals surface area contributed by atoms with Crippen LogP contribution in [0.4, 0.5) is 5.95 Å². The minimum atomic E-state index is -0.547. The quantitative estimate of drug-likeness (QED) is 0.167. The summed E-state index contributed by atoms with van der Waals surface area (Å²) in [7, 11) is 0. The van der Waals surface area contributed by atoms with Gasteiger partial charge < -0.3 is 4.98 Å². The average molecular weight is 330 g/mol. The van der Waals surface area contributed by atoms with Crippen molar-refractivity contribution in [3.63, 3.8) is 0 Å². The van der Waals surface area contributed by atoms with E-state index in [9.17, 15) is 14.4 Å². The molecule has 13 nitrogen and oxygen atoms in total. The van der Waals surface area contributed by atoms with Crippen LogP contribution in [-0.4, -0.2) is 39.9 Å². The maximum Gasteiger partial charge on any atom is 0.327 e. The lowest BCUT2D eigenvalue weighted by atomic mass is 10.5. The third kappa shape index (κ3) is 2.86. The first kappa shape index (κ1) is 15.0. The lowest BCUT2D eigenvalue weighted by molar-refractivity contribution is 1.07. The lowest BCUT2D eigenvalue weighted by Gasteiger charge is -1.98. The Morgan fingerprint density at radius 2 is 1.75 bits per heavy atom. The number of H-pyrrole nitrogens is 4. The van der Waals surface area contributed by atoms with E-state index in [1.54, 1.807) is 0 Å². The van der Waals surface area contributed by atoms with E-state index in [0.717, 1.165) is 0 Å². The van der Waals surface area contributed by atoms with Gasteiger partial charge in [-0.15, -0.1) is 0 Å². The number of fused-ring (bicyclic) bond motifs is 2. The summed E-state index contributed by atoms with van der Waals surface area (Å²) in [5, 5.41) is 0. The summed E-state index contributed by atoms with van der Waals surface area (Å²) in [5.74, 6) is 5.24. The van der Waals surface area contributed by atoms with Gasteiger partial charge in [0.05, 0.1) is 6.33 Å². The predicted molar refractivity (Wildman–Crippen MR) is 83.1 cm³/mol. The number of nitrogens with two attached hydrogens (primary N) is 1. The molecule has 0 fully saturated rings. The molecule has 0 saturated heterocycles. The Bertz CT molecular complexity index is 1170. The van der Waals surface area contributed by atoms with Gasteiger partial charge in [-0.3, -0.25) is 30.0 Å². The summed E-state index contributed by atoms with van der Waals surface area (Å²) < 4.78 is 0. The highest BCUT2D eigenvalue weighted by atomic mass is 16.2. The van der Waals surface area contributed by atoms with E-state index in [1.165, 1.54) is 18.7 Å². The van der Waals surface area contributed by atoms with E-state index in [4.69, 9.17) is 5.84 Å². The number of imidazole rings is 1. The van der Waals surface area contributed by atoms with E-state index in [-0.39, 0.29) is 33.8 Å². The number of anilines is 1. The van der Waals surface area contributed by atoms with Gasteiger partial charge in [-0.05, 0) is 0 Å². The second-order valence-electron chi connectivity index (χ2n) is 4.32. The molecule has 0 aliphatic carbocycles. The number of hydrazine groups is 1. The molecule has 4 aromatic heterocycles. The zero-order valence-electron chi connectivity index (χ0n) is 11.8. The van der Waals surface area contributed by atoms with Crippen molar-refractivity contribution in [2.45, 2.75) is 0 Å². The minimum absolute atomic E-state index is 0.165. The van der Waals surface area contributed by atoms with Crippen LogP contribution in [-0.2, 0) is 0 Å². The molecule has 4 rings (SSSR count). The highest BCUT2D eigenvalue weighted by Crippen LogP contribution is 1.99. The van der Waals surface area contributed by atoms with Crippen LogP contribution in [0, 0.1) is 0 Å². The zero-order chi connectivity index (χ0) is 17.1. The molecule has 4 aromatic rings. The monoisotopic (exact) mass is 330 g/mol. The third-order valence-corrected chi connectivity index (χ3v) is 2.81. The molecule has 0 spiro atoms. The number of aromatic nitrogens is 8. The molecular weight excluding hydrogens is 320 g/mol. The van der Waals surface area contributed by atoms with Gasteiger partial charge in [0, 0.05) is 12.4 Å². The standard InChI is InChI=1S/C6H6N6O.C5H4N4O2/c7-12-6-10-4-3(5(13)11-6)8-1-2-9-4;10-4-2-3(7-1-6-2)8-5(11)9-4/h1-2H,7H2,(H2,9,10,11,12,13);1H,(H3,6,7,8,9,10,11). The molecule has 0 aliphatic rings. The van der Waals surface area contributed by atoms with E-state index < -0.39 is 11.2 Å². The topological polar surface area (TPSA) is 204 Å². The SMILES string of the molecule is NNc1nc2nccnc2c(=O)[nH]1.O=c1[nH]c(=O)c2[nH]cnc2[nH]1. The van der Waals surface area contributed by atoms with Crippen LogP contribution in [0.15, 0.2) is 33.1 Å². The number of rotatable bonds is 1. The Hall–Kier alpha value is -3.87. The highest BCUT2D eigenvalue weighted by molar-refractivity contribution is 5.68. The van der Waals surface area contributed by atoms with Crippen LogP contribution in [0.3, 0.4) is 0 Å². The number of hydrogen-bond acceptors (Lipinski definition) is 9. The molecule has 4 heterocycles. The Kier molecular flexibility index (Phi) is 3.82. The summed E-state index contributed by atoms with van der Waals surface area (Å²) in [4.78, 5) is 57.5. The fraction of sp³-hybridized carbons (Fsp3) is 0. The number of nitrogens with one attached hydrogen (secondary N) is 5. The smallest absolute Gasteiger partial charge is 0.327 e. The van der Waals surface area contributed by atoms with Gasteiger partial charge >= 0.3 is 5.69 Å². The van der Waals surface area contributed by atoms with Crippen LogP contribution in [0.2, 0.25) is 0 Å². The summed E-state index contributed by atoms with van der Waals surface area (Å²) in [5.41, 5.74) is 1.87. The molecule has 0 aromatic carbocycles. The predicted octanol–water partition coefficient (Wildman–Crippen LogP) is -2.06. The molecule has 122 valence electrons. The fourth-order valence-corrected chi connectivity index (χ4v) is 1.81. The third-order valence-electron chi connectivity index (χ3n) is 2.81. The average Bonchev–Trinajstić information content (AvgIpc) is 3.04. The van der Waals surface area contributed by atoms with Gasteiger partial charge in [0.1, 0.15) is 5.52 Å². The van der Waals surface area contributed by atoms with Crippen molar-refractivity contribution < 1.29 is 0 Å². The van der Waals surface area contributed by atoms with Crippen LogP contribution in [0.25, 0.3) is 22.3 Å². The normalized spacial score (nSPS) is 10.4. The molecule has 7 N–H and O–H groups in total. The summed E-state index contributed by atoms with van der Waals surface area (Å²) in [6.45, 7) is 0. The Labute approximate surface area is 130 Å². The van der Waals surface area contributed by atoms with Crippen molar-refractivity contribution in [3.8, 4) is 0 Å². The maximum absolute atomic E-state index is 11.3. The second kappa shape index (κ2) is 6.09. The van der Waals surface area contributed by atoms with Gasteiger partial charge in [0.2, 0.25) is 5.95 Å². The molecule has 0 unspecified atom stereocenters. The van der Waals surface area contributed by atoms with Crippen molar-refractivity contribution in [3.05, 3.63) is 49.9 Å². The first-order chi connectivity index (χ1) is 11.6. The zero-order valence-corrected chi connectivity index (χ0v) is 11.8. The van der Waals surface area contributed by atoms with Crippen molar-refractivity contribution in [2.24, 2.45) is 5.84 Å². The molecule has 0 saturated carbocycles. The van der Waals surface area contributed by atoms with Gasteiger partial charge in [-0.25, -0.2) is 25.6 Å². The first-order valence-corrected chi connectivity index (χ1v) is 6.42. The van der Waals surface area contributed by atoms with Crippen LogP contribution < -0.4 is 28.1 Å². The van der Waals surface area contributed by atoms with Gasteiger partial charge in [-0.1, -0.05) is 0 Å². The largest absolute Gasteiger partial charge is 0.339 e. The molecule has 0 amide bonds. The summed E-state index contributed by atoms with van der Waals surface area (Å²) >= 11 is 0. The second-order valence-corrected chi connectivity index (χ2v) is 4.32. The van der Waals surface area contributed by atoms with Gasteiger partial charge in [-0.2, -0.15) is 4.98 Å². The molecule has 0 atom stereocenters. The Morgan fingerprint density at radius 1 is 0.958 bits per heavy atom. The fourth-order valence-electron chi connectivity index (χ4n) is 1.81. The van der Waals surface area contributed by atoms with E-state index in [0.29, 0.717) is 0 Å². The van der Waals surface area contributed by atoms with Crippen molar-refractivity contribution in [1.82, 2.24) is 39.9 Å².